The largest absolute Gasteiger partial charge is 0.444 e. The second-order valence-corrected chi connectivity index (χ2v) is 10.2. The van der Waals surface area contributed by atoms with E-state index in [1.54, 1.807) is 0 Å². The number of nitrogens with one attached hydrogen (secondary N) is 1. The lowest BCUT2D eigenvalue weighted by Crippen LogP contribution is -2.52. The summed E-state index contributed by atoms with van der Waals surface area (Å²) in [7, 11) is 1.95. The van der Waals surface area contributed by atoms with Gasteiger partial charge < -0.3 is 19.9 Å². The Morgan fingerprint density at radius 3 is 2.52 bits per heavy atom. The van der Waals surface area contributed by atoms with E-state index < -0.39 is 5.60 Å². The maximum absolute atomic E-state index is 12.9. The molecular formula is C24H43IN6O2. The molecule has 1 amide bonds. The average Bonchev–Trinajstić information content (AvgIpc) is 3.46. The van der Waals surface area contributed by atoms with Crippen LogP contribution in [-0.4, -0.2) is 76.0 Å². The molecule has 2 fully saturated rings. The van der Waals surface area contributed by atoms with E-state index in [-0.39, 0.29) is 36.1 Å². The minimum atomic E-state index is -0.458. The molecule has 0 atom stereocenters. The first-order valence-electron chi connectivity index (χ1n) is 12.3. The molecule has 2 heterocycles. The third kappa shape index (κ3) is 9.33. The van der Waals surface area contributed by atoms with Gasteiger partial charge in [0.2, 0.25) is 0 Å². The van der Waals surface area contributed by atoms with Gasteiger partial charge in [-0.2, -0.15) is 5.10 Å². The molecule has 188 valence electrons. The highest BCUT2D eigenvalue weighted by molar-refractivity contribution is 14.0. The second kappa shape index (κ2) is 12.8. The van der Waals surface area contributed by atoms with E-state index in [4.69, 9.17) is 9.73 Å². The third-order valence-electron chi connectivity index (χ3n) is 5.96. The number of piperidine rings is 1. The Balaban J connectivity index is 0.00000385. The van der Waals surface area contributed by atoms with E-state index >= 15 is 0 Å². The van der Waals surface area contributed by atoms with Crippen molar-refractivity contribution >= 4 is 36.0 Å². The predicted molar refractivity (Wildman–Crippen MR) is 143 cm³/mol. The fourth-order valence-electron chi connectivity index (χ4n) is 4.16. The number of hydrogen-bond acceptors (Lipinski definition) is 4. The Morgan fingerprint density at radius 1 is 1.27 bits per heavy atom. The first-order chi connectivity index (χ1) is 15.2. The number of likely N-dealkylation sites (tertiary alicyclic amines) is 1. The number of carbonyl (C=O) groups is 1. The van der Waals surface area contributed by atoms with Gasteiger partial charge in [0.05, 0.1) is 6.20 Å². The van der Waals surface area contributed by atoms with E-state index in [0.29, 0.717) is 5.92 Å². The predicted octanol–water partition coefficient (Wildman–Crippen LogP) is 4.05. The van der Waals surface area contributed by atoms with E-state index in [2.05, 4.69) is 28.4 Å². The van der Waals surface area contributed by atoms with Gasteiger partial charge in [-0.1, -0.05) is 0 Å². The van der Waals surface area contributed by atoms with Gasteiger partial charge in [-0.3, -0.25) is 9.67 Å². The summed E-state index contributed by atoms with van der Waals surface area (Å²) >= 11 is 0. The molecule has 0 unspecified atom stereocenters. The van der Waals surface area contributed by atoms with E-state index in [0.717, 1.165) is 64.4 Å². The van der Waals surface area contributed by atoms with Crippen molar-refractivity contribution in [2.75, 3.05) is 32.7 Å². The monoisotopic (exact) mass is 574 g/mol. The third-order valence-corrected chi connectivity index (χ3v) is 5.96. The van der Waals surface area contributed by atoms with Crippen LogP contribution in [0.4, 0.5) is 4.79 Å². The van der Waals surface area contributed by atoms with Crippen LogP contribution in [0.15, 0.2) is 17.4 Å². The molecular weight excluding hydrogens is 531 g/mol. The second-order valence-electron chi connectivity index (χ2n) is 10.2. The molecule has 2 aliphatic rings. The molecule has 8 nitrogen and oxygen atoms in total. The summed E-state index contributed by atoms with van der Waals surface area (Å²) < 4.78 is 7.57. The minimum Gasteiger partial charge on any atom is -0.444 e. The van der Waals surface area contributed by atoms with Crippen molar-refractivity contribution < 1.29 is 9.53 Å². The maximum atomic E-state index is 12.9. The number of nitrogens with zero attached hydrogens (tertiary/aromatic N) is 5. The molecule has 0 bridgehead atoms. The molecule has 9 heteroatoms. The van der Waals surface area contributed by atoms with Gasteiger partial charge in [0.1, 0.15) is 5.60 Å². The van der Waals surface area contributed by atoms with Gasteiger partial charge >= 0.3 is 6.09 Å². The first kappa shape index (κ1) is 27.7. The SMILES string of the molecule is CCNC(=NCCCc1cnn(C)c1)N1CCC(N(CC2CC2)C(=O)OC(C)(C)C)CC1.I. The van der Waals surface area contributed by atoms with Gasteiger partial charge in [0, 0.05) is 52.0 Å². The molecule has 0 aromatic carbocycles. The molecule has 1 saturated heterocycles. The van der Waals surface area contributed by atoms with Crippen LogP contribution in [0.5, 0.6) is 0 Å². The number of guanidine groups is 1. The van der Waals surface area contributed by atoms with Gasteiger partial charge in [0.15, 0.2) is 5.96 Å². The number of halogens is 1. The minimum absolute atomic E-state index is 0. The van der Waals surface area contributed by atoms with Crippen LogP contribution in [0.1, 0.15) is 65.4 Å². The van der Waals surface area contributed by atoms with Crippen LogP contribution < -0.4 is 5.32 Å². The average molecular weight is 575 g/mol. The fourth-order valence-corrected chi connectivity index (χ4v) is 4.16. The zero-order valence-electron chi connectivity index (χ0n) is 21.0. The molecule has 1 saturated carbocycles. The lowest BCUT2D eigenvalue weighted by Gasteiger charge is -2.40. The highest BCUT2D eigenvalue weighted by atomic mass is 127. The zero-order valence-corrected chi connectivity index (χ0v) is 23.4. The summed E-state index contributed by atoms with van der Waals surface area (Å²) in [5.74, 6) is 1.64. The fraction of sp³-hybridized carbons (Fsp3) is 0.792. The standard InChI is InChI=1S/C24H42N6O2.HI/c1-6-25-22(26-13-7-8-20-16-27-28(5)17-20)29-14-11-21(12-15-29)30(18-19-9-10-19)23(31)32-24(2,3)4;/h16-17,19,21H,6-15,18H2,1-5H3,(H,25,26);1H. The van der Waals surface area contributed by atoms with Crippen LogP contribution in [0.2, 0.25) is 0 Å². The van der Waals surface area contributed by atoms with Crippen molar-refractivity contribution in [3.63, 3.8) is 0 Å². The van der Waals surface area contributed by atoms with Crippen LogP contribution in [0.3, 0.4) is 0 Å². The molecule has 0 radical (unpaired) electrons. The van der Waals surface area contributed by atoms with Crippen molar-refractivity contribution in [2.45, 2.75) is 77.9 Å². The number of aromatic nitrogens is 2. The number of amides is 1. The van der Waals surface area contributed by atoms with E-state index in [9.17, 15) is 4.79 Å². The van der Waals surface area contributed by atoms with E-state index in [1.165, 1.54) is 18.4 Å². The zero-order chi connectivity index (χ0) is 23.1. The van der Waals surface area contributed by atoms with Crippen molar-refractivity contribution in [1.82, 2.24) is 24.9 Å². The van der Waals surface area contributed by atoms with Gasteiger partial charge in [-0.15, -0.1) is 24.0 Å². The molecule has 33 heavy (non-hydrogen) atoms. The summed E-state index contributed by atoms with van der Waals surface area (Å²) in [5, 5.41) is 7.68. The number of aryl methyl sites for hydroxylation is 2. The van der Waals surface area contributed by atoms with Crippen molar-refractivity contribution in [3.8, 4) is 0 Å². The number of aliphatic imine (C=N–C) groups is 1. The van der Waals surface area contributed by atoms with Crippen molar-refractivity contribution in [1.29, 1.82) is 0 Å². The molecule has 1 N–H and O–H groups in total. The Bertz CT molecular complexity index is 763. The van der Waals surface area contributed by atoms with Crippen LogP contribution in [0, 0.1) is 5.92 Å². The van der Waals surface area contributed by atoms with Crippen molar-refractivity contribution in [3.05, 3.63) is 18.0 Å². The van der Waals surface area contributed by atoms with Crippen LogP contribution >= 0.6 is 24.0 Å². The Morgan fingerprint density at radius 2 is 1.97 bits per heavy atom. The first-order valence-corrected chi connectivity index (χ1v) is 12.3. The topological polar surface area (TPSA) is 75.0 Å². The Kier molecular flexibility index (Phi) is 10.8. The summed E-state index contributed by atoms with van der Waals surface area (Å²) in [5.41, 5.74) is 0.798. The summed E-state index contributed by atoms with van der Waals surface area (Å²) in [4.78, 5) is 22.1. The normalized spacial score (nSPS) is 17.5. The lowest BCUT2D eigenvalue weighted by molar-refractivity contribution is 0.00928. The molecule has 1 aliphatic heterocycles. The number of carbonyl (C=O) groups excluding carboxylic acids is 1. The van der Waals surface area contributed by atoms with Gasteiger partial charge in [-0.25, -0.2) is 4.79 Å². The molecule has 1 aliphatic carbocycles. The highest BCUT2D eigenvalue weighted by Crippen LogP contribution is 2.32. The maximum Gasteiger partial charge on any atom is 0.410 e. The van der Waals surface area contributed by atoms with Crippen LogP contribution in [0.25, 0.3) is 0 Å². The lowest BCUT2D eigenvalue weighted by atomic mass is 10.0. The highest BCUT2D eigenvalue weighted by Gasteiger charge is 2.35. The van der Waals surface area contributed by atoms with Gasteiger partial charge in [0.25, 0.3) is 0 Å². The summed E-state index contributed by atoms with van der Waals surface area (Å²) in [6.45, 7) is 12.2. The molecule has 1 aromatic heterocycles. The quantitative estimate of drug-likeness (QED) is 0.220. The molecule has 3 rings (SSSR count). The summed E-state index contributed by atoms with van der Waals surface area (Å²) in [6.07, 6.45) is 10.2. The van der Waals surface area contributed by atoms with Crippen LogP contribution in [-0.2, 0) is 18.2 Å². The summed E-state index contributed by atoms with van der Waals surface area (Å²) in [6, 6.07) is 0.246. The molecule has 0 spiro atoms. The molecule has 1 aromatic rings. The van der Waals surface area contributed by atoms with Crippen molar-refractivity contribution in [2.24, 2.45) is 18.0 Å². The Labute approximate surface area is 216 Å². The number of hydrogen-bond donors (Lipinski definition) is 1. The number of ether oxygens (including phenoxy) is 1. The smallest absolute Gasteiger partial charge is 0.410 e. The number of rotatable bonds is 8. The van der Waals surface area contributed by atoms with Gasteiger partial charge in [-0.05, 0) is 77.7 Å². The van der Waals surface area contributed by atoms with E-state index in [1.807, 2.05) is 43.6 Å². The Hall–Kier alpha value is -1.52.